The molecule has 0 aliphatic heterocycles. The van der Waals surface area contributed by atoms with Crippen LogP contribution < -0.4 is 3.78 Å². The van der Waals surface area contributed by atoms with E-state index in [2.05, 4.69) is 33.9 Å². The van der Waals surface area contributed by atoms with Crippen molar-refractivity contribution in [3.63, 3.8) is 0 Å². The first-order chi connectivity index (χ1) is 3.83. The van der Waals surface area contributed by atoms with Crippen molar-refractivity contribution in [3.8, 4) is 0 Å². The molecule has 1 aromatic heterocycles. The molecule has 1 rings (SSSR count). The first-order valence-electron chi connectivity index (χ1n) is 2.12. The third-order valence-electron chi connectivity index (χ3n) is 0.750. The normalized spacial score (nSPS) is 9.75. The average Bonchev–Trinajstić information content (AvgIpc) is 2.14. The monoisotopic (exact) mass is 256 g/mol. The van der Waals surface area contributed by atoms with Gasteiger partial charge in [-0.2, -0.15) is 0 Å². The van der Waals surface area contributed by atoms with Gasteiger partial charge in [0.25, 0.3) is 0 Å². The molecule has 0 atom stereocenters. The third kappa shape index (κ3) is 1.59. The number of hydrogen-bond donors (Lipinski definition) is 0. The van der Waals surface area contributed by atoms with Gasteiger partial charge >= 0.3 is 67.7 Å². The Morgan fingerprint density at radius 2 is 2.38 bits per heavy atom. The van der Waals surface area contributed by atoms with Crippen LogP contribution in [0.1, 0.15) is 0 Å². The number of thiophene rings is 1. The zero-order valence-electron chi connectivity index (χ0n) is 4.35. The van der Waals surface area contributed by atoms with Crippen LogP contribution in [0.4, 0.5) is 0 Å². The summed E-state index contributed by atoms with van der Waals surface area (Å²) in [7, 11) is 0. The van der Waals surface area contributed by atoms with E-state index in [0.29, 0.717) is 15.0 Å². The van der Waals surface area contributed by atoms with Crippen molar-refractivity contribution < 1.29 is 0 Å². The summed E-state index contributed by atoms with van der Waals surface area (Å²) < 4.78 is 2.75. The first-order valence-corrected chi connectivity index (χ1v) is 6.30. The van der Waals surface area contributed by atoms with Crippen molar-refractivity contribution in [2.75, 3.05) is 0 Å². The quantitative estimate of drug-likeness (QED) is 0.673. The molecule has 0 radical (unpaired) electrons. The molecule has 0 N–H and O–H groups in total. The Morgan fingerprint density at radius 3 is 2.62 bits per heavy atom. The zero-order valence-corrected chi connectivity index (χ0v) is 8.46. The summed E-state index contributed by atoms with van der Waals surface area (Å²) in [6.07, 6.45) is 0. The number of halogens is 1. The molecule has 0 saturated carbocycles. The van der Waals surface area contributed by atoms with Crippen LogP contribution in [0, 0.1) is 0 Å². The summed E-state index contributed by atoms with van der Waals surface area (Å²) in [5.41, 5.74) is 0. The third-order valence-corrected chi connectivity index (χ3v) is 4.69. The molecule has 0 aromatic carbocycles. The summed E-state index contributed by atoms with van der Waals surface area (Å²) in [4.78, 5) is 0. The minimum absolute atomic E-state index is 0.677. The van der Waals surface area contributed by atoms with Gasteiger partial charge in [-0.25, -0.2) is 0 Å². The molecular formula is C5H5BrSSe. The molecule has 44 valence electrons. The maximum absolute atomic E-state index is 3.40. The van der Waals surface area contributed by atoms with Gasteiger partial charge in [-0.15, -0.1) is 0 Å². The molecule has 0 aliphatic rings. The van der Waals surface area contributed by atoms with Crippen LogP contribution in [0.2, 0.25) is 5.82 Å². The topological polar surface area (TPSA) is 0 Å². The summed E-state index contributed by atoms with van der Waals surface area (Å²) >= 11 is 5.91. The Labute approximate surface area is 67.6 Å². The van der Waals surface area contributed by atoms with E-state index in [1.54, 1.807) is 0 Å². The van der Waals surface area contributed by atoms with Crippen molar-refractivity contribution >= 4 is 46.0 Å². The minimum atomic E-state index is 0.677. The predicted molar refractivity (Wildman–Crippen MR) is 43.3 cm³/mol. The van der Waals surface area contributed by atoms with E-state index >= 15 is 0 Å². The molecule has 0 saturated heterocycles. The Balaban J connectivity index is 2.84. The second kappa shape index (κ2) is 3.02. The van der Waals surface area contributed by atoms with Crippen molar-refractivity contribution in [1.82, 2.24) is 0 Å². The molecule has 0 spiro atoms. The van der Waals surface area contributed by atoms with Gasteiger partial charge in [0.05, 0.1) is 0 Å². The van der Waals surface area contributed by atoms with Crippen LogP contribution in [0.15, 0.2) is 15.9 Å². The van der Waals surface area contributed by atoms with E-state index in [1.807, 2.05) is 11.3 Å². The van der Waals surface area contributed by atoms with Gasteiger partial charge < -0.3 is 0 Å². The van der Waals surface area contributed by atoms with Gasteiger partial charge in [-0.3, -0.25) is 0 Å². The maximum atomic E-state index is 3.40. The summed E-state index contributed by atoms with van der Waals surface area (Å²) in [5, 5.41) is 0. The molecule has 0 amide bonds. The molecule has 8 heavy (non-hydrogen) atoms. The van der Waals surface area contributed by atoms with Crippen molar-refractivity contribution in [2.24, 2.45) is 0 Å². The van der Waals surface area contributed by atoms with Gasteiger partial charge in [0.15, 0.2) is 0 Å². The number of rotatable bonds is 1. The second-order valence-electron chi connectivity index (χ2n) is 1.26. The fourth-order valence-corrected chi connectivity index (χ4v) is 3.85. The molecule has 1 aromatic rings. The molecule has 3 heteroatoms. The summed E-state index contributed by atoms with van der Waals surface area (Å²) in [6.45, 7) is 0. The Morgan fingerprint density at radius 1 is 1.62 bits per heavy atom. The summed E-state index contributed by atoms with van der Waals surface area (Å²) in [5.74, 6) is 2.23. The standard InChI is InChI=1S/C5H5BrSSe/c1-8-5-3-2-4(6)7-5/h2-3H,1H3. The van der Waals surface area contributed by atoms with E-state index < -0.39 is 0 Å². The SMILES string of the molecule is C[Se]c1ccc(Br)s1. The molecule has 0 aliphatic carbocycles. The van der Waals surface area contributed by atoms with Gasteiger partial charge in [0, 0.05) is 0 Å². The zero-order chi connectivity index (χ0) is 5.98. The van der Waals surface area contributed by atoms with Gasteiger partial charge in [-0.1, -0.05) is 0 Å². The Kier molecular flexibility index (Phi) is 2.57. The van der Waals surface area contributed by atoms with Crippen LogP contribution in [0.3, 0.4) is 0 Å². The van der Waals surface area contributed by atoms with Crippen LogP contribution in [-0.2, 0) is 0 Å². The van der Waals surface area contributed by atoms with Gasteiger partial charge in [-0.05, 0) is 0 Å². The Bertz CT molecular complexity index is 173. The molecular weight excluding hydrogens is 251 g/mol. The van der Waals surface area contributed by atoms with E-state index in [0.717, 1.165) is 0 Å². The fraction of sp³-hybridized carbons (Fsp3) is 0.200. The molecule has 0 fully saturated rings. The molecule has 0 bridgehead atoms. The van der Waals surface area contributed by atoms with Gasteiger partial charge in [0.2, 0.25) is 0 Å². The van der Waals surface area contributed by atoms with Crippen LogP contribution in [0.5, 0.6) is 0 Å². The average molecular weight is 256 g/mol. The van der Waals surface area contributed by atoms with Crippen molar-refractivity contribution in [1.29, 1.82) is 0 Å². The predicted octanol–water partition coefficient (Wildman–Crippen LogP) is 1.89. The van der Waals surface area contributed by atoms with E-state index in [4.69, 9.17) is 0 Å². The van der Waals surface area contributed by atoms with E-state index in [1.165, 1.54) is 7.56 Å². The van der Waals surface area contributed by atoms with Crippen LogP contribution in [0.25, 0.3) is 0 Å². The number of hydrogen-bond acceptors (Lipinski definition) is 1. The van der Waals surface area contributed by atoms with E-state index in [-0.39, 0.29) is 0 Å². The second-order valence-corrected chi connectivity index (χ2v) is 6.09. The van der Waals surface area contributed by atoms with Crippen molar-refractivity contribution in [3.05, 3.63) is 15.9 Å². The first kappa shape index (κ1) is 6.81. The summed E-state index contributed by atoms with van der Waals surface area (Å²) in [6, 6.07) is 4.28. The fourth-order valence-electron chi connectivity index (χ4n) is 0.407. The molecule has 1 heterocycles. The van der Waals surface area contributed by atoms with E-state index in [9.17, 15) is 0 Å². The van der Waals surface area contributed by atoms with Crippen molar-refractivity contribution in [2.45, 2.75) is 5.82 Å². The van der Waals surface area contributed by atoms with Gasteiger partial charge in [0.1, 0.15) is 0 Å². The van der Waals surface area contributed by atoms with Crippen LogP contribution in [-0.4, -0.2) is 15.0 Å². The molecule has 0 unspecified atom stereocenters. The van der Waals surface area contributed by atoms with Crippen LogP contribution >= 0.6 is 27.3 Å². The Hall–Kier alpha value is 0.699. The molecule has 0 nitrogen and oxygen atoms in total.